The van der Waals surface area contributed by atoms with Crippen LogP contribution < -0.4 is 0 Å². The number of likely N-dealkylation sites (tertiary alicyclic amines) is 2. The zero-order valence-corrected chi connectivity index (χ0v) is 24.2. The van der Waals surface area contributed by atoms with E-state index in [1.165, 1.54) is 11.0 Å². The van der Waals surface area contributed by atoms with E-state index in [1.807, 2.05) is 20.8 Å². The number of aromatic nitrogens is 6. The molecule has 5 heterocycles. The van der Waals surface area contributed by atoms with Crippen LogP contribution in [0, 0.1) is 5.82 Å². The van der Waals surface area contributed by atoms with Gasteiger partial charge in [-0.25, -0.2) is 33.9 Å². The Bertz CT molecular complexity index is 1640. The Hall–Kier alpha value is -4.81. The Morgan fingerprint density at radius 3 is 2.12 bits per heavy atom. The first-order valence-corrected chi connectivity index (χ1v) is 14.3. The molecule has 13 heteroatoms. The highest BCUT2D eigenvalue weighted by Crippen LogP contribution is 2.34. The fourth-order valence-corrected chi connectivity index (χ4v) is 5.65. The first-order chi connectivity index (χ1) is 20.6. The Morgan fingerprint density at radius 2 is 1.49 bits per heavy atom. The second-order valence-electron chi connectivity index (χ2n) is 11.8. The van der Waals surface area contributed by atoms with Crippen molar-refractivity contribution in [3.63, 3.8) is 0 Å². The number of hydrogen-bond donors (Lipinski definition) is 3. The van der Waals surface area contributed by atoms with Crippen molar-refractivity contribution in [3.8, 4) is 33.9 Å². The van der Waals surface area contributed by atoms with Crippen molar-refractivity contribution in [3.05, 3.63) is 60.5 Å². The molecule has 0 unspecified atom stereocenters. The molecular formula is C30H33FN8O4. The molecule has 0 aliphatic carbocycles. The molecule has 0 radical (unpaired) electrons. The van der Waals surface area contributed by atoms with Crippen LogP contribution >= 0.6 is 0 Å². The maximum absolute atomic E-state index is 15.3. The van der Waals surface area contributed by atoms with Gasteiger partial charge in [0.05, 0.1) is 35.9 Å². The van der Waals surface area contributed by atoms with E-state index in [9.17, 15) is 14.7 Å². The average Bonchev–Trinajstić information content (AvgIpc) is 3.78. The van der Waals surface area contributed by atoms with Gasteiger partial charge in [-0.2, -0.15) is 0 Å². The molecule has 2 saturated heterocycles. The van der Waals surface area contributed by atoms with Crippen LogP contribution in [0.25, 0.3) is 33.9 Å². The van der Waals surface area contributed by atoms with Crippen LogP contribution in [-0.2, 0) is 4.74 Å². The van der Waals surface area contributed by atoms with Gasteiger partial charge in [-0.3, -0.25) is 9.80 Å². The Balaban J connectivity index is 1.16. The number of aromatic amines is 2. The second-order valence-corrected chi connectivity index (χ2v) is 11.8. The van der Waals surface area contributed by atoms with Gasteiger partial charge in [0.25, 0.3) is 0 Å². The maximum atomic E-state index is 15.3. The van der Waals surface area contributed by atoms with E-state index in [4.69, 9.17) is 4.74 Å². The van der Waals surface area contributed by atoms with Crippen LogP contribution in [0.2, 0.25) is 0 Å². The predicted octanol–water partition coefficient (Wildman–Crippen LogP) is 5.95. The lowest BCUT2D eigenvalue weighted by Gasteiger charge is -2.27. The second kappa shape index (κ2) is 11.1. The topological polar surface area (TPSA) is 153 Å². The average molecular weight is 589 g/mol. The van der Waals surface area contributed by atoms with Crippen LogP contribution in [0.1, 0.15) is 70.2 Å². The highest BCUT2D eigenvalue weighted by molar-refractivity contribution is 5.70. The van der Waals surface area contributed by atoms with Gasteiger partial charge in [0.15, 0.2) is 5.82 Å². The number of H-pyrrole nitrogens is 2. The monoisotopic (exact) mass is 588 g/mol. The molecule has 2 aliphatic heterocycles. The third-order valence-corrected chi connectivity index (χ3v) is 7.68. The summed E-state index contributed by atoms with van der Waals surface area (Å²) >= 11 is 0. The number of amides is 2. The van der Waals surface area contributed by atoms with Crippen LogP contribution in [0.3, 0.4) is 0 Å². The minimum Gasteiger partial charge on any atom is -0.465 e. The van der Waals surface area contributed by atoms with E-state index in [0.29, 0.717) is 65.1 Å². The Morgan fingerprint density at radius 1 is 0.884 bits per heavy atom. The van der Waals surface area contributed by atoms with Crippen molar-refractivity contribution in [1.29, 1.82) is 0 Å². The summed E-state index contributed by atoms with van der Waals surface area (Å²) in [5.41, 5.74) is 2.10. The molecule has 2 fully saturated rings. The van der Waals surface area contributed by atoms with Gasteiger partial charge in [-0.1, -0.05) is 6.07 Å². The fourth-order valence-electron chi connectivity index (χ4n) is 5.65. The van der Waals surface area contributed by atoms with E-state index >= 15 is 4.39 Å². The third-order valence-electron chi connectivity index (χ3n) is 7.68. The molecule has 4 aromatic rings. The molecular weight excluding hydrogens is 555 g/mol. The molecule has 3 N–H and O–H groups in total. The van der Waals surface area contributed by atoms with E-state index in [1.54, 1.807) is 41.8 Å². The summed E-state index contributed by atoms with van der Waals surface area (Å²) < 4.78 is 20.9. The van der Waals surface area contributed by atoms with Gasteiger partial charge in [0.2, 0.25) is 0 Å². The number of ether oxygens (including phenoxy) is 1. The van der Waals surface area contributed by atoms with E-state index < -0.39 is 17.5 Å². The quantitative estimate of drug-likeness (QED) is 0.259. The van der Waals surface area contributed by atoms with E-state index in [0.717, 1.165) is 19.3 Å². The van der Waals surface area contributed by atoms with Crippen LogP contribution in [-0.4, -0.2) is 75.7 Å². The first kappa shape index (κ1) is 28.3. The van der Waals surface area contributed by atoms with Crippen molar-refractivity contribution in [1.82, 2.24) is 39.7 Å². The number of imidazole rings is 2. The Labute approximate surface area is 247 Å². The molecule has 2 aliphatic rings. The number of carbonyl (C=O) groups is 2. The van der Waals surface area contributed by atoms with Gasteiger partial charge < -0.3 is 19.8 Å². The zero-order chi connectivity index (χ0) is 30.3. The molecule has 0 saturated carbocycles. The van der Waals surface area contributed by atoms with E-state index in [-0.39, 0.29) is 18.2 Å². The van der Waals surface area contributed by atoms with Crippen molar-refractivity contribution in [2.45, 2.75) is 64.1 Å². The fraction of sp³-hybridized carbons (Fsp3) is 0.400. The Kier molecular flexibility index (Phi) is 7.32. The molecule has 224 valence electrons. The highest BCUT2D eigenvalue weighted by Gasteiger charge is 2.35. The highest BCUT2D eigenvalue weighted by atomic mass is 19.1. The van der Waals surface area contributed by atoms with Gasteiger partial charge in [-0.15, -0.1) is 0 Å². The lowest BCUT2D eigenvalue weighted by Crippen LogP contribution is -2.36. The van der Waals surface area contributed by atoms with E-state index in [2.05, 4.69) is 29.9 Å². The molecule has 1 aromatic carbocycles. The number of rotatable bonds is 5. The summed E-state index contributed by atoms with van der Waals surface area (Å²) in [7, 11) is 0. The summed E-state index contributed by atoms with van der Waals surface area (Å²) in [6.07, 6.45) is 8.16. The number of halogens is 1. The standard InChI is InChI=1S/C30H33FN8O4/c1-30(2,3)43-29(42)39-11-5-7-24(39)27-35-16-22(37-27)19-9-8-17(12-20(19)31)25-32-13-18(14-33-25)21-15-34-26(36-21)23-6-4-10-38(23)28(40)41/h8-9,12-16,23-24H,4-7,10-11H2,1-3H3,(H,34,36)(H,35,37)(H,40,41)/t23-,24-/m0/s1. The number of nitrogens with one attached hydrogen (secondary N) is 2. The number of carboxylic acid groups (broad SMARTS) is 1. The van der Waals surface area contributed by atoms with Gasteiger partial charge in [0.1, 0.15) is 23.1 Å². The summed E-state index contributed by atoms with van der Waals surface area (Å²) in [6.45, 7) is 6.55. The molecule has 6 rings (SSSR count). The number of carbonyl (C=O) groups excluding carboxylic acids is 1. The minimum absolute atomic E-state index is 0.266. The van der Waals surface area contributed by atoms with Crippen LogP contribution in [0.5, 0.6) is 0 Å². The van der Waals surface area contributed by atoms with Gasteiger partial charge in [0, 0.05) is 42.2 Å². The molecule has 0 spiro atoms. The smallest absolute Gasteiger partial charge is 0.410 e. The molecule has 0 bridgehead atoms. The minimum atomic E-state index is -0.960. The summed E-state index contributed by atoms with van der Waals surface area (Å²) in [6, 6.07) is 4.20. The first-order valence-electron chi connectivity index (χ1n) is 14.3. The third kappa shape index (κ3) is 5.79. The maximum Gasteiger partial charge on any atom is 0.410 e. The lowest BCUT2D eigenvalue weighted by molar-refractivity contribution is 0.0218. The van der Waals surface area contributed by atoms with Crippen LogP contribution in [0.4, 0.5) is 14.0 Å². The van der Waals surface area contributed by atoms with Crippen LogP contribution in [0.15, 0.2) is 43.0 Å². The summed E-state index contributed by atoms with van der Waals surface area (Å²) in [5.74, 6) is 1.06. The van der Waals surface area contributed by atoms with Crippen molar-refractivity contribution in [2.24, 2.45) is 0 Å². The normalized spacial score (nSPS) is 18.8. The van der Waals surface area contributed by atoms with Crippen molar-refractivity contribution in [2.75, 3.05) is 13.1 Å². The molecule has 12 nitrogen and oxygen atoms in total. The number of benzene rings is 1. The van der Waals surface area contributed by atoms with Gasteiger partial charge in [-0.05, 0) is 58.6 Å². The molecule has 2 amide bonds. The lowest BCUT2D eigenvalue weighted by atomic mass is 10.1. The summed E-state index contributed by atoms with van der Waals surface area (Å²) in [4.78, 5) is 51.4. The summed E-state index contributed by atoms with van der Waals surface area (Å²) in [5, 5.41) is 9.43. The number of nitrogens with zero attached hydrogens (tertiary/aromatic N) is 6. The largest absolute Gasteiger partial charge is 0.465 e. The molecule has 3 aromatic heterocycles. The van der Waals surface area contributed by atoms with Gasteiger partial charge >= 0.3 is 12.2 Å². The number of hydrogen-bond acceptors (Lipinski definition) is 7. The zero-order valence-electron chi connectivity index (χ0n) is 24.2. The molecule has 43 heavy (non-hydrogen) atoms. The SMILES string of the molecule is CC(C)(C)OC(=O)N1CCC[C@H]1c1ncc(-c2ccc(-c3ncc(-c4cnc([C@@H]5CCCN5C(=O)O)[nH]4)cn3)cc2F)[nH]1. The van der Waals surface area contributed by atoms with Crippen molar-refractivity contribution >= 4 is 12.2 Å². The molecule has 2 atom stereocenters. The predicted molar refractivity (Wildman–Crippen MR) is 154 cm³/mol. The van der Waals surface area contributed by atoms with Crippen molar-refractivity contribution < 1.29 is 23.8 Å².